The molecular formula is C17H20N2O. The van der Waals surface area contributed by atoms with Crippen LogP contribution in [0.1, 0.15) is 31.4 Å². The lowest BCUT2D eigenvalue weighted by Gasteiger charge is -2.24. The number of likely N-dealkylation sites (tertiary alicyclic amines) is 1. The highest BCUT2D eigenvalue weighted by molar-refractivity contribution is 5.34. The van der Waals surface area contributed by atoms with Gasteiger partial charge in [-0.2, -0.15) is 0 Å². The van der Waals surface area contributed by atoms with Crippen LogP contribution >= 0.6 is 0 Å². The third kappa shape index (κ3) is 2.68. The van der Waals surface area contributed by atoms with Gasteiger partial charge >= 0.3 is 0 Å². The minimum absolute atomic E-state index is 0.437. The van der Waals surface area contributed by atoms with Crippen LogP contribution in [0.15, 0.2) is 48.7 Å². The van der Waals surface area contributed by atoms with Crippen LogP contribution in [0.2, 0.25) is 0 Å². The predicted octanol–water partition coefficient (Wildman–Crippen LogP) is 4.03. The predicted molar refractivity (Wildman–Crippen MR) is 80.0 cm³/mol. The topological polar surface area (TPSA) is 25.4 Å². The first kappa shape index (κ1) is 13.1. The van der Waals surface area contributed by atoms with Gasteiger partial charge in [0.05, 0.1) is 0 Å². The molecule has 1 aromatic heterocycles. The third-order valence-electron chi connectivity index (χ3n) is 3.89. The average Bonchev–Trinajstić information content (AvgIpc) is 2.97. The molecule has 0 unspecified atom stereocenters. The second kappa shape index (κ2) is 6.06. The summed E-state index contributed by atoms with van der Waals surface area (Å²) in [5, 5.41) is 0. The van der Waals surface area contributed by atoms with Crippen LogP contribution in [-0.2, 0) is 0 Å². The number of para-hydroxylation sites is 1. The van der Waals surface area contributed by atoms with E-state index >= 15 is 0 Å². The zero-order valence-electron chi connectivity index (χ0n) is 11.8. The van der Waals surface area contributed by atoms with Crippen LogP contribution in [0.5, 0.6) is 11.6 Å². The molecule has 104 valence electrons. The van der Waals surface area contributed by atoms with Crippen molar-refractivity contribution in [3.05, 3.63) is 54.2 Å². The Morgan fingerprint density at radius 2 is 2.05 bits per heavy atom. The number of ether oxygens (including phenoxy) is 1. The monoisotopic (exact) mass is 268 g/mol. The molecule has 1 aromatic carbocycles. The first-order valence-corrected chi connectivity index (χ1v) is 7.30. The fraction of sp³-hybridized carbons (Fsp3) is 0.353. The maximum atomic E-state index is 5.98. The number of benzene rings is 1. The summed E-state index contributed by atoms with van der Waals surface area (Å²) in [7, 11) is 0. The number of hydrogen-bond donors (Lipinski definition) is 0. The van der Waals surface area contributed by atoms with Gasteiger partial charge < -0.3 is 4.74 Å². The van der Waals surface area contributed by atoms with Crippen molar-refractivity contribution in [3.63, 3.8) is 0 Å². The third-order valence-corrected chi connectivity index (χ3v) is 3.89. The van der Waals surface area contributed by atoms with Gasteiger partial charge in [-0.1, -0.05) is 31.2 Å². The summed E-state index contributed by atoms with van der Waals surface area (Å²) >= 11 is 0. The smallest absolute Gasteiger partial charge is 0.223 e. The Morgan fingerprint density at radius 1 is 1.20 bits per heavy atom. The van der Waals surface area contributed by atoms with E-state index in [2.05, 4.69) is 22.9 Å². The highest BCUT2D eigenvalue weighted by atomic mass is 16.5. The lowest BCUT2D eigenvalue weighted by atomic mass is 10.1. The molecule has 1 aliphatic rings. The summed E-state index contributed by atoms with van der Waals surface area (Å²) in [5.74, 6) is 1.58. The molecule has 1 fully saturated rings. The van der Waals surface area contributed by atoms with E-state index in [-0.39, 0.29) is 0 Å². The Hall–Kier alpha value is -1.87. The van der Waals surface area contributed by atoms with E-state index < -0.39 is 0 Å². The summed E-state index contributed by atoms with van der Waals surface area (Å²) in [4.78, 5) is 6.93. The Balaban J connectivity index is 1.88. The Labute approximate surface area is 120 Å². The molecule has 3 nitrogen and oxygen atoms in total. The first-order chi connectivity index (χ1) is 9.88. The summed E-state index contributed by atoms with van der Waals surface area (Å²) in [6.45, 7) is 4.46. The van der Waals surface area contributed by atoms with Crippen molar-refractivity contribution in [1.82, 2.24) is 9.88 Å². The molecule has 1 saturated heterocycles. The number of hydrogen-bond acceptors (Lipinski definition) is 3. The SMILES string of the molecule is CCN1CCC[C@@H]1c1cccnc1Oc1ccccc1. The molecule has 0 saturated carbocycles. The molecule has 1 aliphatic heterocycles. The van der Waals surface area contributed by atoms with Gasteiger partial charge in [-0.25, -0.2) is 4.98 Å². The van der Waals surface area contributed by atoms with Crippen LogP contribution in [0, 0.1) is 0 Å². The van der Waals surface area contributed by atoms with Gasteiger partial charge in [-0.15, -0.1) is 0 Å². The highest BCUT2D eigenvalue weighted by Gasteiger charge is 2.27. The minimum atomic E-state index is 0.437. The molecule has 0 amide bonds. The first-order valence-electron chi connectivity index (χ1n) is 7.30. The van der Waals surface area contributed by atoms with Crippen LogP contribution in [0.25, 0.3) is 0 Å². The lowest BCUT2D eigenvalue weighted by molar-refractivity contribution is 0.265. The van der Waals surface area contributed by atoms with Crippen molar-refractivity contribution in [2.24, 2.45) is 0 Å². The normalized spacial score (nSPS) is 19.1. The molecule has 3 heteroatoms. The second-order valence-corrected chi connectivity index (χ2v) is 5.10. The van der Waals surface area contributed by atoms with E-state index in [1.165, 1.54) is 24.9 Å². The minimum Gasteiger partial charge on any atom is -0.439 e. The van der Waals surface area contributed by atoms with E-state index in [0.717, 1.165) is 18.2 Å². The molecule has 0 N–H and O–H groups in total. The van der Waals surface area contributed by atoms with Gasteiger partial charge in [0.2, 0.25) is 5.88 Å². The Bertz CT molecular complexity index is 556. The van der Waals surface area contributed by atoms with Gasteiger partial charge in [0.15, 0.2) is 0 Å². The second-order valence-electron chi connectivity index (χ2n) is 5.10. The van der Waals surface area contributed by atoms with Crippen molar-refractivity contribution in [2.45, 2.75) is 25.8 Å². The van der Waals surface area contributed by atoms with E-state index in [4.69, 9.17) is 4.74 Å². The maximum Gasteiger partial charge on any atom is 0.223 e. The standard InChI is InChI=1S/C17H20N2O/c1-2-19-13-7-11-16(19)15-10-6-12-18-17(15)20-14-8-4-3-5-9-14/h3-6,8-10,12,16H,2,7,11,13H2,1H3/t16-/m1/s1. The molecule has 2 aromatic rings. The molecule has 0 radical (unpaired) electrons. The van der Waals surface area contributed by atoms with Gasteiger partial charge in [0, 0.05) is 17.8 Å². The average molecular weight is 268 g/mol. The number of rotatable bonds is 4. The summed E-state index contributed by atoms with van der Waals surface area (Å²) < 4.78 is 5.98. The molecule has 2 heterocycles. The van der Waals surface area contributed by atoms with E-state index in [1.54, 1.807) is 6.20 Å². The van der Waals surface area contributed by atoms with Gasteiger partial charge in [-0.3, -0.25) is 4.90 Å². The highest BCUT2D eigenvalue weighted by Crippen LogP contribution is 2.36. The molecule has 20 heavy (non-hydrogen) atoms. The van der Waals surface area contributed by atoms with Crippen LogP contribution in [0.4, 0.5) is 0 Å². The molecule has 3 rings (SSSR count). The molecule has 1 atom stereocenters. The molecule has 0 bridgehead atoms. The Morgan fingerprint density at radius 3 is 2.85 bits per heavy atom. The quantitative estimate of drug-likeness (QED) is 0.837. The van der Waals surface area contributed by atoms with Crippen molar-refractivity contribution in [1.29, 1.82) is 0 Å². The molecular weight excluding hydrogens is 248 g/mol. The molecule has 0 spiro atoms. The van der Waals surface area contributed by atoms with Crippen LogP contribution in [-0.4, -0.2) is 23.0 Å². The van der Waals surface area contributed by atoms with Crippen molar-refractivity contribution < 1.29 is 4.74 Å². The van der Waals surface area contributed by atoms with Gasteiger partial charge in [0.25, 0.3) is 0 Å². The summed E-state index contributed by atoms with van der Waals surface area (Å²) in [6, 6.07) is 14.4. The lowest BCUT2D eigenvalue weighted by Crippen LogP contribution is -2.23. The fourth-order valence-corrected chi connectivity index (χ4v) is 2.90. The van der Waals surface area contributed by atoms with E-state index in [9.17, 15) is 0 Å². The van der Waals surface area contributed by atoms with Crippen molar-refractivity contribution >= 4 is 0 Å². The van der Waals surface area contributed by atoms with Crippen molar-refractivity contribution in [3.8, 4) is 11.6 Å². The summed E-state index contributed by atoms with van der Waals surface area (Å²) in [5.41, 5.74) is 1.20. The van der Waals surface area contributed by atoms with E-state index in [1.807, 2.05) is 36.4 Å². The Kier molecular flexibility index (Phi) is 3.97. The zero-order chi connectivity index (χ0) is 13.8. The molecule has 0 aliphatic carbocycles. The maximum absolute atomic E-state index is 5.98. The van der Waals surface area contributed by atoms with Crippen molar-refractivity contribution in [2.75, 3.05) is 13.1 Å². The number of nitrogens with zero attached hydrogens (tertiary/aromatic N) is 2. The van der Waals surface area contributed by atoms with Gasteiger partial charge in [0.1, 0.15) is 5.75 Å². The number of pyridine rings is 1. The fourth-order valence-electron chi connectivity index (χ4n) is 2.90. The van der Waals surface area contributed by atoms with E-state index in [0.29, 0.717) is 6.04 Å². The zero-order valence-corrected chi connectivity index (χ0v) is 11.8. The largest absolute Gasteiger partial charge is 0.439 e. The summed E-state index contributed by atoms with van der Waals surface area (Å²) in [6.07, 6.45) is 4.23. The van der Waals surface area contributed by atoms with Gasteiger partial charge in [-0.05, 0) is 44.1 Å². The van der Waals surface area contributed by atoms with Crippen LogP contribution < -0.4 is 4.74 Å². The number of aromatic nitrogens is 1. The van der Waals surface area contributed by atoms with Crippen LogP contribution in [0.3, 0.4) is 0 Å².